The molecule has 150 valence electrons. The molecule has 10 heteroatoms. The Balaban J connectivity index is 0.00000625. The van der Waals surface area contributed by atoms with Crippen molar-refractivity contribution in [1.29, 1.82) is 0 Å². The maximum absolute atomic E-state index is 6.07. The Kier molecular flexibility index (Phi) is 16.3. The molecule has 0 aliphatic carbocycles. The normalized spacial score (nSPS) is 11.0. The molecule has 0 saturated heterocycles. The molecule has 0 aliphatic heterocycles. The van der Waals surface area contributed by atoms with E-state index in [4.69, 9.17) is 32.7 Å². The molecule has 0 radical (unpaired) electrons. The van der Waals surface area contributed by atoms with E-state index in [1.54, 1.807) is 19.4 Å². The number of nitrogens with zero attached hydrogens (tertiary/aromatic N) is 2. The molecule has 0 atom stereocenters. The molecular formula is C16H28Cl2IN5O2. The van der Waals surface area contributed by atoms with Gasteiger partial charge in [-0.3, -0.25) is 4.99 Å². The summed E-state index contributed by atoms with van der Waals surface area (Å²) in [6.07, 6.45) is 2.42. The highest BCUT2D eigenvalue weighted by molar-refractivity contribution is 14.0. The summed E-state index contributed by atoms with van der Waals surface area (Å²) in [6.45, 7) is 6.76. The molecule has 1 heterocycles. The lowest BCUT2D eigenvalue weighted by atomic mass is 10.4. The van der Waals surface area contributed by atoms with Crippen LogP contribution in [0.1, 0.15) is 13.3 Å². The van der Waals surface area contributed by atoms with Gasteiger partial charge in [0.15, 0.2) is 5.96 Å². The van der Waals surface area contributed by atoms with Gasteiger partial charge in [-0.25, -0.2) is 4.98 Å². The molecule has 7 nitrogen and oxygen atoms in total. The molecule has 0 fully saturated rings. The number of halogens is 3. The van der Waals surface area contributed by atoms with E-state index in [0.29, 0.717) is 55.3 Å². The third-order valence-corrected chi connectivity index (χ3v) is 3.51. The fourth-order valence-corrected chi connectivity index (χ4v) is 2.30. The standard InChI is InChI=1S/C16H27Cl2N5O2.HI/c1-3-19-16(21-5-4-8-25-10-9-24-2)22-7-6-20-15-14(18)11-13(17)12-23-15;/h11-12H,3-10H2,1-2H3,(H,20,23)(H2,19,21,22);1H. The number of nitrogens with one attached hydrogen (secondary N) is 3. The van der Waals surface area contributed by atoms with Crippen LogP contribution in [0.5, 0.6) is 0 Å². The number of aliphatic imine (C=N–C) groups is 1. The van der Waals surface area contributed by atoms with Crippen LogP contribution in [-0.2, 0) is 9.47 Å². The van der Waals surface area contributed by atoms with Gasteiger partial charge in [0.25, 0.3) is 0 Å². The predicted octanol–water partition coefficient (Wildman–Crippen LogP) is 3.03. The van der Waals surface area contributed by atoms with Crippen molar-refractivity contribution in [1.82, 2.24) is 15.6 Å². The van der Waals surface area contributed by atoms with Gasteiger partial charge in [-0.05, 0) is 19.4 Å². The van der Waals surface area contributed by atoms with Crippen molar-refractivity contribution in [3.63, 3.8) is 0 Å². The summed E-state index contributed by atoms with van der Waals surface area (Å²) in [6, 6.07) is 1.66. The molecule has 0 aliphatic rings. The topological polar surface area (TPSA) is 79.8 Å². The molecular weight excluding hydrogens is 492 g/mol. The average Bonchev–Trinajstić information content (AvgIpc) is 2.59. The largest absolute Gasteiger partial charge is 0.382 e. The van der Waals surface area contributed by atoms with Crippen molar-refractivity contribution < 1.29 is 9.47 Å². The van der Waals surface area contributed by atoms with E-state index in [1.807, 2.05) is 6.92 Å². The molecule has 3 N–H and O–H groups in total. The van der Waals surface area contributed by atoms with Gasteiger partial charge in [0.1, 0.15) is 5.82 Å². The van der Waals surface area contributed by atoms with E-state index in [1.165, 1.54) is 0 Å². The van der Waals surface area contributed by atoms with Crippen molar-refractivity contribution in [3.05, 3.63) is 22.3 Å². The average molecular weight is 520 g/mol. The fourth-order valence-electron chi connectivity index (χ4n) is 1.85. The second-order valence-corrected chi connectivity index (χ2v) is 5.90. The summed E-state index contributed by atoms with van der Waals surface area (Å²) >= 11 is 11.9. The van der Waals surface area contributed by atoms with Crippen LogP contribution >= 0.6 is 47.2 Å². The van der Waals surface area contributed by atoms with Crippen LogP contribution in [0.15, 0.2) is 17.3 Å². The zero-order valence-corrected chi connectivity index (χ0v) is 19.0. The highest BCUT2D eigenvalue weighted by Crippen LogP contribution is 2.21. The molecule has 0 aromatic carbocycles. The van der Waals surface area contributed by atoms with Gasteiger partial charge >= 0.3 is 0 Å². The fraction of sp³-hybridized carbons (Fsp3) is 0.625. The van der Waals surface area contributed by atoms with Gasteiger partial charge in [0.2, 0.25) is 0 Å². The molecule has 1 aromatic heterocycles. The second kappa shape index (κ2) is 16.6. The highest BCUT2D eigenvalue weighted by atomic mass is 127. The molecule has 0 bridgehead atoms. The molecule has 0 saturated carbocycles. The van der Waals surface area contributed by atoms with E-state index in [-0.39, 0.29) is 24.0 Å². The maximum Gasteiger partial charge on any atom is 0.191 e. The molecule has 1 rings (SSSR count). The van der Waals surface area contributed by atoms with Gasteiger partial charge in [0.05, 0.1) is 23.3 Å². The SMILES string of the molecule is CCNC(=NCCCOCCOC)NCCNc1ncc(Cl)cc1Cl.I. The minimum Gasteiger partial charge on any atom is -0.382 e. The molecule has 0 amide bonds. The van der Waals surface area contributed by atoms with Crippen LogP contribution in [0, 0.1) is 0 Å². The van der Waals surface area contributed by atoms with Gasteiger partial charge in [-0.15, -0.1) is 24.0 Å². The second-order valence-electron chi connectivity index (χ2n) is 5.06. The Morgan fingerprint density at radius 3 is 2.69 bits per heavy atom. The number of guanidine groups is 1. The van der Waals surface area contributed by atoms with E-state index >= 15 is 0 Å². The van der Waals surface area contributed by atoms with Gasteiger partial charge in [-0.1, -0.05) is 23.2 Å². The Morgan fingerprint density at radius 1 is 1.19 bits per heavy atom. The first-order valence-corrected chi connectivity index (χ1v) is 9.06. The van der Waals surface area contributed by atoms with Gasteiger partial charge < -0.3 is 25.4 Å². The number of rotatable bonds is 12. The van der Waals surface area contributed by atoms with Crippen molar-refractivity contribution in [2.24, 2.45) is 4.99 Å². The summed E-state index contributed by atoms with van der Waals surface area (Å²) in [7, 11) is 1.66. The zero-order valence-electron chi connectivity index (χ0n) is 15.2. The molecule has 26 heavy (non-hydrogen) atoms. The minimum absolute atomic E-state index is 0. The lowest BCUT2D eigenvalue weighted by Crippen LogP contribution is -2.39. The minimum atomic E-state index is 0. The van der Waals surface area contributed by atoms with Crippen molar-refractivity contribution >= 4 is 59.0 Å². The summed E-state index contributed by atoms with van der Waals surface area (Å²) in [5.41, 5.74) is 0. The first kappa shape index (κ1) is 25.4. The predicted molar refractivity (Wildman–Crippen MR) is 119 cm³/mol. The summed E-state index contributed by atoms with van der Waals surface area (Å²) < 4.78 is 10.3. The number of ether oxygens (including phenoxy) is 2. The molecule has 1 aromatic rings. The van der Waals surface area contributed by atoms with E-state index in [9.17, 15) is 0 Å². The van der Waals surface area contributed by atoms with Crippen LogP contribution in [0.4, 0.5) is 5.82 Å². The Labute approximate surface area is 182 Å². The summed E-state index contributed by atoms with van der Waals surface area (Å²) in [5.74, 6) is 1.39. The number of pyridine rings is 1. The lowest BCUT2D eigenvalue weighted by molar-refractivity contribution is 0.0702. The number of aromatic nitrogens is 1. The number of hydrogen-bond acceptors (Lipinski definition) is 5. The lowest BCUT2D eigenvalue weighted by Gasteiger charge is -2.12. The summed E-state index contributed by atoms with van der Waals surface area (Å²) in [4.78, 5) is 8.65. The van der Waals surface area contributed by atoms with Crippen LogP contribution < -0.4 is 16.0 Å². The van der Waals surface area contributed by atoms with Crippen molar-refractivity contribution in [3.8, 4) is 0 Å². The van der Waals surface area contributed by atoms with Crippen molar-refractivity contribution in [2.45, 2.75) is 13.3 Å². The van der Waals surface area contributed by atoms with E-state index in [2.05, 4.69) is 25.9 Å². The number of methoxy groups -OCH3 is 1. The van der Waals surface area contributed by atoms with E-state index in [0.717, 1.165) is 18.9 Å². The molecule has 0 unspecified atom stereocenters. The zero-order chi connectivity index (χ0) is 18.3. The quantitative estimate of drug-likeness (QED) is 0.170. The summed E-state index contributed by atoms with van der Waals surface area (Å²) in [5, 5.41) is 10.6. The third-order valence-electron chi connectivity index (χ3n) is 3.01. The monoisotopic (exact) mass is 519 g/mol. The first-order valence-electron chi connectivity index (χ1n) is 8.31. The maximum atomic E-state index is 6.07. The molecule has 0 spiro atoms. The van der Waals surface area contributed by atoms with Gasteiger partial charge in [0, 0.05) is 46.1 Å². The van der Waals surface area contributed by atoms with Crippen molar-refractivity contribution in [2.75, 3.05) is 58.4 Å². The number of hydrogen-bond donors (Lipinski definition) is 3. The van der Waals surface area contributed by atoms with Crippen LogP contribution in [-0.4, -0.2) is 64.1 Å². The Hall–Kier alpha value is -0.550. The van der Waals surface area contributed by atoms with Crippen LogP contribution in [0.25, 0.3) is 0 Å². The number of anilines is 1. The third kappa shape index (κ3) is 11.9. The van der Waals surface area contributed by atoms with Crippen LogP contribution in [0.3, 0.4) is 0 Å². The first-order chi connectivity index (χ1) is 12.2. The smallest absolute Gasteiger partial charge is 0.191 e. The highest BCUT2D eigenvalue weighted by Gasteiger charge is 2.02. The Morgan fingerprint density at radius 2 is 2.00 bits per heavy atom. The van der Waals surface area contributed by atoms with Gasteiger partial charge in [-0.2, -0.15) is 0 Å². The van der Waals surface area contributed by atoms with E-state index < -0.39 is 0 Å². The van der Waals surface area contributed by atoms with Crippen LogP contribution in [0.2, 0.25) is 10.0 Å². The Bertz CT molecular complexity index is 523.